The summed E-state index contributed by atoms with van der Waals surface area (Å²) in [7, 11) is 1.65. The van der Waals surface area contributed by atoms with Crippen molar-refractivity contribution in [1.29, 1.82) is 0 Å². The van der Waals surface area contributed by atoms with Gasteiger partial charge in [-0.05, 0) is 13.3 Å². The van der Waals surface area contributed by atoms with Gasteiger partial charge < -0.3 is 19.9 Å². The third-order valence-electron chi connectivity index (χ3n) is 3.57. The quantitative estimate of drug-likeness (QED) is 0.680. The largest absolute Gasteiger partial charge is 0.395 e. The SMILES string of the molecule is CCOC1CC(NC(CO)COC)C1(C)C. The standard InChI is InChI=1S/C12H25NO3/c1-5-16-11-6-10(12(11,2)3)13-9(7-14)8-15-4/h9-11,13-14H,5-8H2,1-4H3. The number of hydrogen-bond acceptors (Lipinski definition) is 4. The van der Waals surface area contributed by atoms with Crippen molar-refractivity contribution in [2.24, 2.45) is 5.41 Å². The molecule has 3 atom stereocenters. The maximum absolute atomic E-state index is 9.19. The Morgan fingerprint density at radius 1 is 1.50 bits per heavy atom. The first-order valence-electron chi connectivity index (χ1n) is 6.03. The van der Waals surface area contributed by atoms with E-state index in [1.54, 1.807) is 7.11 Å². The van der Waals surface area contributed by atoms with Crippen molar-refractivity contribution < 1.29 is 14.6 Å². The van der Waals surface area contributed by atoms with Crippen molar-refractivity contribution in [2.75, 3.05) is 26.9 Å². The van der Waals surface area contributed by atoms with E-state index in [0.717, 1.165) is 13.0 Å². The second kappa shape index (κ2) is 5.96. The van der Waals surface area contributed by atoms with E-state index in [4.69, 9.17) is 9.47 Å². The topological polar surface area (TPSA) is 50.7 Å². The third kappa shape index (κ3) is 2.94. The lowest BCUT2D eigenvalue weighted by atomic mass is 9.64. The number of ether oxygens (including phenoxy) is 2. The van der Waals surface area contributed by atoms with Gasteiger partial charge in [-0.2, -0.15) is 0 Å². The van der Waals surface area contributed by atoms with Crippen LogP contribution in [-0.4, -0.2) is 50.2 Å². The van der Waals surface area contributed by atoms with Crippen LogP contribution in [-0.2, 0) is 9.47 Å². The first kappa shape index (κ1) is 13.9. The number of aliphatic hydroxyl groups is 1. The molecule has 1 fully saturated rings. The van der Waals surface area contributed by atoms with Crippen molar-refractivity contribution >= 4 is 0 Å². The molecule has 16 heavy (non-hydrogen) atoms. The van der Waals surface area contributed by atoms with E-state index in [1.807, 2.05) is 6.92 Å². The van der Waals surface area contributed by atoms with Crippen LogP contribution in [0.3, 0.4) is 0 Å². The predicted octanol–water partition coefficient (Wildman–Crippen LogP) is 0.787. The van der Waals surface area contributed by atoms with E-state index in [2.05, 4.69) is 19.2 Å². The van der Waals surface area contributed by atoms with Crippen molar-refractivity contribution in [2.45, 2.75) is 45.4 Å². The molecule has 96 valence electrons. The van der Waals surface area contributed by atoms with Gasteiger partial charge in [0.2, 0.25) is 0 Å². The molecule has 0 radical (unpaired) electrons. The van der Waals surface area contributed by atoms with Crippen LogP contribution >= 0.6 is 0 Å². The van der Waals surface area contributed by atoms with Crippen LogP contribution in [0.15, 0.2) is 0 Å². The molecule has 0 aromatic rings. The van der Waals surface area contributed by atoms with Gasteiger partial charge in [0.25, 0.3) is 0 Å². The Morgan fingerprint density at radius 2 is 2.19 bits per heavy atom. The van der Waals surface area contributed by atoms with E-state index < -0.39 is 0 Å². The Kier molecular flexibility index (Phi) is 5.18. The molecule has 0 heterocycles. The lowest BCUT2D eigenvalue weighted by molar-refractivity contribution is -0.119. The Balaban J connectivity index is 2.40. The highest BCUT2D eigenvalue weighted by atomic mass is 16.5. The molecule has 1 saturated carbocycles. The van der Waals surface area contributed by atoms with Crippen LogP contribution in [0.5, 0.6) is 0 Å². The van der Waals surface area contributed by atoms with Gasteiger partial charge in [0.15, 0.2) is 0 Å². The molecule has 3 unspecified atom stereocenters. The van der Waals surface area contributed by atoms with Gasteiger partial charge in [-0.1, -0.05) is 13.8 Å². The average Bonchev–Trinajstić information content (AvgIpc) is 2.26. The summed E-state index contributed by atoms with van der Waals surface area (Å²) in [4.78, 5) is 0. The monoisotopic (exact) mass is 231 g/mol. The first-order chi connectivity index (χ1) is 7.56. The summed E-state index contributed by atoms with van der Waals surface area (Å²) in [6, 6.07) is 0.424. The maximum Gasteiger partial charge on any atom is 0.0655 e. The molecular weight excluding hydrogens is 206 g/mol. The molecule has 0 saturated heterocycles. The zero-order valence-corrected chi connectivity index (χ0v) is 10.8. The fourth-order valence-corrected chi connectivity index (χ4v) is 2.29. The third-order valence-corrected chi connectivity index (χ3v) is 3.57. The summed E-state index contributed by atoms with van der Waals surface area (Å²) >= 11 is 0. The Morgan fingerprint density at radius 3 is 2.62 bits per heavy atom. The normalized spacial score (nSPS) is 29.8. The van der Waals surface area contributed by atoms with Gasteiger partial charge >= 0.3 is 0 Å². The zero-order valence-electron chi connectivity index (χ0n) is 10.8. The van der Waals surface area contributed by atoms with Crippen molar-refractivity contribution in [3.63, 3.8) is 0 Å². The van der Waals surface area contributed by atoms with Crippen molar-refractivity contribution in [3.8, 4) is 0 Å². The van der Waals surface area contributed by atoms with E-state index >= 15 is 0 Å². The Labute approximate surface area is 98.3 Å². The fourth-order valence-electron chi connectivity index (χ4n) is 2.29. The molecule has 4 nitrogen and oxygen atoms in total. The molecule has 1 rings (SSSR count). The average molecular weight is 231 g/mol. The molecule has 0 aliphatic heterocycles. The van der Waals surface area contributed by atoms with Crippen LogP contribution < -0.4 is 5.32 Å². The number of rotatable bonds is 7. The Bertz CT molecular complexity index is 208. The zero-order chi connectivity index (χ0) is 12.2. The summed E-state index contributed by atoms with van der Waals surface area (Å²) in [6.45, 7) is 7.86. The molecule has 1 aliphatic carbocycles. The fraction of sp³-hybridized carbons (Fsp3) is 1.00. The highest BCUT2D eigenvalue weighted by Gasteiger charge is 2.49. The molecule has 0 spiro atoms. The minimum absolute atomic E-state index is 0.0249. The summed E-state index contributed by atoms with van der Waals surface area (Å²) in [5.41, 5.74) is 0.136. The van der Waals surface area contributed by atoms with Crippen LogP contribution in [0.2, 0.25) is 0 Å². The smallest absolute Gasteiger partial charge is 0.0655 e. The van der Waals surface area contributed by atoms with E-state index in [-0.39, 0.29) is 18.1 Å². The van der Waals surface area contributed by atoms with Crippen molar-refractivity contribution in [3.05, 3.63) is 0 Å². The van der Waals surface area contributed by atoms with E-state index in [0.29, 0.717) is 18.8 Å². The Hall–Kier alpha value is -0.160. The molecule has 4 heteroatoms. The molecule has 1 aliphatic rings. The molecule has 0 aromatic heterocycles. The molecule has 0 amide bonds. The lowest BCUT2D eigenvalue weighted by Gasteiger charge is -2.52. The van der Waals surface area contributed by atoms with E-state index in [1.165, 1.54) is 0 Å². The summed E-state index contributed by atoms with van der Waals surface area (Å²) in [6.07, 6.45) is 1.35. The van der Waals surface area contributed by atoms with Crippen LogP contribution in [0.25, 0.3) is 0 Å². The molecule has 0 aromatic carbocycles. The van der Waals surface area contributed by atoms with Gasteiger partial charge in [-0.25, -0.2) is 0 Å². The maximum atomic E-state index is 9.19. The number of methoxy groups -OCH3 is 1. The minimum Gasteiger partial charge on any atom is -0.395 e. The van der Waals surface area contributed by atoms with Crippen LogP contribution in [0, 0.1) is 5.41 Å². The van der Waals surface area contributed by atoms with Crippen LogP contribution in [0.4, 0.5) is 0 Å². The van der Waals surface area contributed by atoms with Gasteiger partial charge in [0.1, 0.15) is 0 Å². The number of hydrogen-bond donors (Lipinski definition) is 2. The van der Waals surface area contributed by atoms with Gasteiger partial charge in [0.05, 0.1) is 25.4 Å². The van der Waals surface area contributed by atoms with Gasteiger partial charge in [-0.3, -0.25) is 0 Å². The molecule has 0 bridgehead atoms. The van der Waals surface area contributed by atoms with Gasteiger partial charge in [0, 0.05) is 25.2 Å². The number of nitrogens with one attached hydrogen (secondary N) is 1. The highest BCUT2D eigenvalue weighted by Crippen LogP contribution is 2.42. The van der Waals surface area contributed by atoms with Crippen LogP contribution in [0.1, 0.15) is 27.2 Å². The summed E-state index contributed by atoms with van der Waals surface area (Å²) in [5, 5.41) is 12.6. The summed E-state index contributed by atoms with van der Waals surface area (Å²) < 4.78 is 10.7. The lowest BCUT2D eigenvalue weighted by Crippen LogP contribution is -2.63. The predicted molar refractivity (Wildman–Crippen MR) is 63.5 cm³/mol. The second-order valence-electron chi connectivity index (χ2n) is 5.06. The minimum atomic E-state index is 0.0249. The molecule has 2 N–H and O–H groups in total. The number of aliphatic hydroxyl groups excluding tert-OH is 1. The van der Waals surface area contributed by atoms with Gasteiger partial charge in [-0.15, -0.1) is 0 Å². The highest BCUT2D eigenvalue weighted by molar-refractivity contribution is 5.03. The first-order valence-corrected chi connectivity index (χ1v) is 6.03. The second-order valence-corrected chi connectivity index (χ2v) is 5.06. The van der Waals surface area contributed by atoms with E-state index in [9.17, 15) is 5.11 Å². The van der Waals surface area contributed by atoms with Crippen molar-refractivity contribution in [1.82, 2.24) is 5.32 Å². The molecular formula is C12H25NO3. The summed E-state index contributed by atoms with van der Waals surface area (Å²) in [5.74, 6) is 0.